The Morgan fingerprint density at radius 1 is 1.00 bits per heavy atom. The second-order valence-corrected chi connectivity index (χ2v) is 6.72. The molecule has 26 heavy (non-hydrogen) atoms. The van der Waals surface area contributed by atoms with Crippen molar-refractivity contribution in [3.05, 3.63) is 71.8 Å². The van der Waals surface area contributed by atoms with Gasteiger partial charge in [-0.15, -0.1) is 0 Å². The fourth-order valence-corrected chi connectivity index (χ4v) is 3.83. The van der Waals surface area contributed by atoms with Gasteiger partial charge in [-0.05, 0) is 30.5 Å². The highest BCUT2D eigenvalue weighted by Crippen LogP contribution is 2.47. The van der Waals surface area contributed by atoms with Crippen LogP contribution in [-0.2, 0) is 14.4 Å². The maximum Gasteiger partial charge on any atom is 0.255 e. The van der Waals surface area contributed by atoms with Gasteiger partial charge in [0.1, 0.15) is 12.1 Å². The number of rotatable bonds is 6. The minimum atomic E-state index is -0.865. The molecule has 0 aromatic heterocycles. The van der Waals surface area contributed by atoms with E-state index in [2.05, 4.69) is 0 Å². The van der Waals surface area contributed by atoms with Crippen LogP contribution in [0, 0.1) is 0 Å². The minimum absolute atomic E-state index is 0.0288. The SMILES string of the molecule is CC(=O)CC1(C)C(c2ccccc2)=C(c2ccccc2)C(=O)N1CC=O. The number of Topliss-reactive ketones (excluding diaryl/α,β-unsaturated/α-hetero) is 1. The fraction of sp³-hybridized carbons (Fsp3) is 0.227. The Labute approximate surface area is 153 Å². The van der Waals surface area contributed by atoms with Gasteiger partial charge in [0.15, 0.2) is 0 Å². The lowest BCUT2D eigenvalue weighted by Gasteiger charge is -2.36. The number of nitrogens with zero attached hydrogens (tertiary/aromatic N) is 1. The van der Waals surface area contributed by atoms with Crippen LogP contribution in [0.4, 0.5) is 0 Å². The van der Waals surface area contributed by atoms with Crippen molar-refractivity contribution in [1.29, 1.82) is 0 Å². The molecule has 1 aliphatic heterocycles. The zero-order valence-corrected chi connectivity index (χ0v) is 14.9. The summed E-state index contributed by atoms with van der Waals surface area (Å²) in [6.07, 6.45) is 0.875. The lowest BCUT2D eigenvalue weighted by Crippen LogP contribution is -2.47. The summed E-state index contributed by atoms with van der Waals surface area (Å²) in [6.45, 7) is 3.33. The van der Waals surface area contributed by atoms with Gasteiger partial charge in [0.05, 0.1) is 17.7 Å². The lowest BCUT2D eigenvalue weighted by molar-refractivity contribution is -0.131. The van der Waals surface area contributed by atoms with E-state index in [4.69, 9.17) is 0 Å². The molecule has 1 aliphatic rings. The molecule has 4 nitrogen and oxygen atoms in total. The highest BCUT2D eigenvalue weighted by Gasteiger charge is 2.49. The molecule has 0 saturated heterocycles. The number of carbonyl (C=O) groups is 3. The molecule has 4 heteroatoms. The first kappa shape index (κ1) is 17.8. The van der Waals surface area contributed by atoms with E-state index in [9.17, 15) is 14.4 Å². The molecular formula is C22H21NO3. The van der Waals surface area contributed by atoms with Crippen molar-refractivity contribution < 1.29 is 14.4 Å². The van der Waals surface area contributed by atoms with Crippen LogP contribution in [0.2, 0.25) is 0 Å². The summed E-state index contributed by atoms with van der Waals surface area (Å²) in [5, 5.41) is 0. The van der Waals surface area contributed by atoms with Crippen LogP contribution in [0.25, 0.3) is 11.1 Å². The van der Waals surface area contributed by atoms with E-state index in [0.29, 0.717) is 11.9 Å². The second-order valence-electron chi connectivity index (χ2n) is 6.72. The summed E-state index contributed by atoms with van der Waals surface area (Å²) in [5.41, 5.74) is 2.17. The predicted molar refractivity (Wildman–Crippen MR) is 101 cm³/mol. The van der Waals surface area contributed by atoms with Crippen LogP contribution in [0.5, 0.6) is 0 Å². The van der Waals surface area contributed by atoms with E-state index in [-0.39, 0.29) is 24.7 Å². The maximum absolute atomic E-state index is 13.3. The largest absolute Gasteiger partial charge is 0.322 e. The molecule has 1 unspecified atom stereocenters. The van der Waals surface area contributed by atoms with Crippen LogP contribution in [0.15, 0.2) is 60.7 Å². The average Bonchev–Trinajstić information content (AvgIpc) is 2.84. The number of ketones is 1. The Morgan fingerprint density at radius 2 is 1.54 bits per heavy atom. The Balaban J connectivity index is 2.31. The van der Waals surface area contributed by atoms with E-state index in [1.165, 1.54) is 11.8 Å². The molecule has 1 atom stereocenters. The number of aldehydes is 1. The fourth-order valence-electron chi connectivity index (χ4n) is 3.83. The Bertz CT molecular complexity index is 871. The first-order chi connectivity index (χ1) is 12.5. The van der Waals surface area contributed by atoms with E-state index in [0.717, 1.165) is 16.7 Å². The van der Waals surface area contributed by atoms with Gasteiger partial charge in [-0.2, -0.15) is 0 Å². The number of hydrogen-bond donors (Lipinski definition) is 0. The molecule has 0 radical (unpaired) electrons. The summed E-state index contributed by atoms with van der Waals surface area (Å²) < 4.78 is 0. The molecule has 132 valence electrons. The van der Waals surface area contributed by atoms with E-state index in [1.807, 2.05) is 67.6 Å². The van der Waals surface area contributed by atoms with Gasteiger partial charge in [-0.3, -0.25) is 9.59 Å². The van der Waals surface area contributed by atoms with Crippen molar-refractivity contribution in [2.75, 3.05) is 6.54 Å². The van der Waals surface area contributed by atoms with Crippen LogP contribution in [0.3, 0.4) is 0 Å². The van der Waals surface area contributed by atoms with Gasteiger partial charge in [-0.25, -0.2) is 0 Å². The normalized spacial score (nSPS) is 19.8. The quantitative estimate of drug-likeness (QED) is 0.753. The Hall–Kier alpha value is -3.01. The van der Waals surface area contributed by atoms with Gasteiger partial charge < -0.3 is 9.69 Å². The average molecular weight is 347 g/mol. The van der Waals surface area contributed by atoms with Gasteiger partial charge >= 0.3 is 0 Å². The van der Waals surface area contributed by atoms with E-state index < -0.39 is 5.54 Å². The standard InChI is InChI=1S/C22H21NO3/c1-16(25)15-22(2)20(18-11-7-4-8-12-18)19(17-9-5-3-6-10-17)21(26)23(22)13-14-24/h3-12,14H,13,15H2,1-2H3. The van der Waals surface area contributed by atoms with Gasteiger partial charge in [0.2, 0.25) is 0 Å². The molecule has 2 aromatic carbocycles. The van der Waals surface area contributed by atoms with Crippen molar-refractivity contribution >= 4 is 29.1 Å². The molecule has 0 fully saturated rings. The maximum atomic E-state index is 13.3. The van der Waals surface area contributed by atoms with Gasteiger partial charge in [0.25, 0.3) is 5.91 Å². The summed E-state index contributed by atoms with van der Waals surface area (Å²) in [7, 11) is 0. The predicted octanol–water partition coefficient (Wildman–Crippen LogP) is 3.38. The molecule has 3 rings (SSSR count). The molecular weight excluding hydrogens is 326 g/mol. The van der Waals surface area contributed by atoms with Crippen LogP contribution >= 0.6 is 0 Å². The highest BCUT2D eigenvalue weighted by atomic mass is 16.2. The zero-order chi connectivity index (χ0) is 18.7. The third-order valence-electron chi connectivity index (χ3n) is 4.82. The first-order valence-electron chi connectivity index (χ1n) is 8.59. The molecule has 1 amide bonds. The third kappa shape index (κ3) is 2.99. The molecule has 0 N–H and O–H groups in total. The third-order valence-corrected chi connectivity index (χ3v) is 4.82. The van der Waals surface area contributed by atoms with E-state index >= 15 is 0 Å². The summed E-state index contributed by atoms with van der Waals surface area (Å²) >= 11 is 0. The van der Waals surface area contributed by atoms with Crippen molar-refractivity contribution in [1.82, 2.24) is 4.90 Å². The molecule has 1 heterocycles. The highest BCUT2D eigenvalue weighted by molar-refractivity contribution is 6.32. The van der Waals surface area contributed by atoms with Gasteiger partial charge in [-0.1, -0.05) is 60.7 Å². The minimum Gasteiger partial charge on any atom is -0.322 e. The number of carbonyl (C=O) groups excluding carboxylic acids is 3. The lowest BCUT2D eigenvalue weighted by atomic mass is 9.81. The molecule has 0 saturated carbocycles. The van der Waals surface area contributed by atoms with Crippen molar-refractivity contribution in [3.63, 3.8) is 0 Å². The van der Waals surface area contributed by atoms with Crippen LogP contribution in [-0.4, -0.2) is 35.0 Å². The molecule has 0 aliphatic carbocycles. The monoisotopic (exact) mass is 347 g/mol. The Kier molecular flexibility index (Phi) is 4.85. The zero-order valence-electron chi connectivity index (χ0n) is 14.9. The summed E-state index contributed by atoms with van der Waals surface area (Å²) in [5.74, 6) is -0.246. The smallest absolute Gasteiger partial charge is 0.255 e. The summed E-state index contributed by atoms with van der Waals surface area (Å²) in [4.78, 5) is 38.1. The first-order valence-corrected chi connectivity index (χ1v) is 8.59. The second kappa shape index (κ2) is 7.08. The summed E-state index contributed by atoms with van der Waals surface area (Å²) in [6, 6.07) is 19.0. The van der Waals surface area contributed by atoms with E-state index in [1.54, 1.807) is 0 Å². The van der Waals surface area contributed by atoms with Crippen molar-refractivity contribution in [2.24, 2.45) is 0 Å². The van der Waals surface area contributed by atoms with Crippen molar-refractivity contribution in [2.45, 2.75) is 25.8 Å². The molecule has 2 aromatic rings. The Morgan fingerprint density at radius 3 is 2.04 bits per heavy atom. The van der Waals surface area contributed by atoms with Crippen LogP contribution in [0.1, 0.15) is 31.4 Å². The molecule has 0 bridgehead atoms. The van der Waals surface area contributed by atoms with Crippen molar-refractivity contribution in [3.8, 4) is 0 Å². The number of amides is 1. The topological polar surface area (TPSA) is 54.5 Å². The number of benzene rings is 2. The molecule has 0 spiro atoms. The van der Waals surface area contributed by atoms with Gasteiger partial charge in [0, 0.05) is 6.42 Å². The number of hydrogen-bond acceptors (Lipinski definition) is 3. The van der Waals surface area contributed by atoms with Crippen LogP contribution < -0.4 is 0 Å².